The molecule has 1 N–H and O–H groups in total. The fraction of sp³-hybridized carbons (Fsp3) is 1.00. The van der Waals surface area contributed by atoms with Gasteiger partial charge in [-0.25, -0.2) is 0 Å². The predicted octanol–water partition coefficient (Wildman–Crippen LogP) is 2.72. The molecule has 2 atom stereocenters. The van der Waals surface area contributed by atoms with E-state index in [2.05, 4.69) is 26.1 Å². The summed E-state index contributed by atoms with van der Waals surface area (Å²) in [6.07, 6.45) is 6.33. The second kappa shape index (κ2) is 5.72. The maximum absolute atomic E-state index is 5.73. The summed E-state index contributed by atoms with van der Waals surface area (Å²) < 4.78 is 5.73. The molecule has 0 amide bonds. The zero-order valence-corrected chi connectivity index (χ0v) is 9.94. The minimum atomic E-state index is 0.112. The highest BCUT2D eigenvalue weighted by Gasteiger charge is 2.29. The maximum atomic E-state index is 5.73. The maximum Gasteiger partial charge on any atom is 0.0779 e. The smallest absolute Gasteiger partial charge is 0.0779 e. The number of hydrogen-bond acceptors (Lipinski definition) is 2. The molecule has 84 valence electrons. The van der Waals surface area contributed by atoms with Crippen LogP contribution in [0.25, 0.3) is 0 Å². The van der Waals surface area contributed by atoms with Gasteiger partial charge in [-0.2, -0.15) is 0 Å². The molecule has 0 saturated carbocycles. The summed E-state index contributed by atoms with van der Waals surface area (Å²) in [5.74, 6) is 0. The second-order valence-corrected chi connectivity index (χ2v) is 4.83. The molecule has 0 aromatic heterocycles. The van der Waals surface area contributed by atoms with Crippen LogP contribution in [0.4, 0.5) is 0 Å². The van der Waals surface area contributed by atoms with E-state index >= 15 is 0 Å². The molecule has 1 saturated heterocycles. The van der Waals surface area contributed by atoms with Gasteiger partial charge in [0.2, 0.25) is 0 Å². The average Bonchev–Trinajstić information content (AvgIpc) is 2.60. The van der Waals surface area contributed by atoms with Gasteiger partial charge in [-0.3, -0.25) is 0 Å². The fourth-order valence-electron chi connectivity index (χ4n) is 1.98. The molecule has 1 rings (SSSR count). The largest absolute Gasteiger partial charge is 0.374 e. The molecule has 0 spiro atoms. The van der Waals surface area contributed by atoms with Crippen molar-refractivity contribution in [3.05, 3.63) is 0 Å². The first kappa shape index (κ1) is 12.0. The van der Waals surface area contributed by atoms with Crippen molar-refractivity contribution in [2.24, 2.45) is 0 Å². The van der Waals surface area contributed by atoms with Gasteiger partial charge < -0.3 is 10.1 Å². The topological polar surface area (TPSA) is 21.3 Å². The molecule has 1 fully saturated rings. The molecule has 2 unspecified atom stereocenters. The van der Waals surface area contributed by atoms with Crippen LogP contribution in [-0.2, 0) is 4.74 Å². The van der Waals surface area contributed by atoms with E-state index in [9.17, 15) is 0 Å². The van der Waals surface area contributed by atoms with E-state index in [-0.39, 0.29) is 5.60 Å². The lowest BCUT2D eigenvalue weighted by molar-refractivity contribution is 0.0189. The third-order valence-corrected chi connectivity index (χ3v) is 3.12. The van der Waals surface area contributed by atoms with Crippen molar-refractivity contribution in [1.29, 1.82) is 0 Å². The van der Waals surface area contributed by atoms with Gasteiger partial charge in [-0.15, -0.1) is 0 Å². The quantitative estimate of drug-likeness (QED) is 0.710. The van der Waals surface area contributed by atoms with E-state index in [1.165, 1.54) is 32.1 Å². The highest BCUT2D eigenvalue weighted by Crippen LogP contribution is 2.24. The van der Waals surface area contributed by atoms with Crippen molar-refractivity contribution in [2.75, 3.05) is 13.2 Å². The van der Waals surface area contributed by atoms with Crippen molar-refractivity contribution in [3.63, 3.8) is 0 Å². The van der Waals surface area contributed by atoms with Crippen LogP contribution < -0.4 is 5.32 Å². The van der Waals surface area contributed by atoms with Crippen molar-refractivity contribution in [2.45, 2.75) is 64.5 Å². The molecule has 0 aliphatic carbocycles. The van der Waals surface area contributed by atoms with Crippen LogP contribution in [0, 0.1) is 0 Å². The Labute approximate surface area is 88.4 Å². The van der Waals surface area contributed by atoms with Gasteiger partial charge in [0, 0.05) is 19.2 Å². The van der Waals surface area contributed by atoms with Crippen molar-refractivity contribution < 1.29 is 4.74 Å². The predicted molar refractivity (Wildman–Crippen MR) is 60.6 cm³/mol. The molecule has 2 nitrogen and oxygen atoms in total. The summed E-state index contributed by atoms with van der Waals surface area (Å²) in [6, 6.07) is 0.635. The fourth-order valence-corrected chi connectivity index (χ4v) is 1.98. The molecule has 0 aromatic rings. The molecule has 1 aliphatic rings. The monoisotopic (exact) mass is 199 g/mol. The SMILES string of the molecule is CCCCC(C)NCC1(C)CCCO1. The summed E-state index contributed by atoms with van der Waals surface area (Å²) in [4.78, 5) is 0. The Hall–Kier alpha value is -0.0800. The van der Waals surface area contributed by atoms with Crippen LogP contribution in [0.5, 0.6) is 0 Å². The van der Waals surface area contributed by atoms with Crippen LogP contribution in [0.1, 0.15) is 52.9 Å². The Bertz CT molecular complexity index is 152. The van der Waals surface area contributed by atoms with E-state index in [1.807, 2.05) is 0 Å². The first-order chi connectivity index (χ1) is 6.66. The van der Waals surface area contributed by atoms with Crippen molar-refractivity contribution in [3.8, 4) is 0 Å². The summed E-state index contributed by atoms with van der Waals surface area (Å²) in [5.41, 5.74) is 0.112. The van der Waals surface area contributed by atoms with Gasteiger partial charge in [0.05, 0.1) is 5.60 Å². The van der Waals surface area contributed by atoms with Gasteiger partial charge in [0.25, 0.3) is 0 Å². The van der Waals surface area contributed by atoms with Crippen LogP contribution in [-0.4, -0.2) is 24.8 Å². The van der Waals surface area contributed by atoms with Gasteiger partial charge in [-0.05, 0) is 33.1 Å². The first-order valence-electron chi connectivity index (χ1n) is 6.03. The lowest BCUT2D eigenvalue weighted by Gasteiger charge is -2.26. The Morgan fingerprint density at radius 3 is 2.86 bits per heavy atom. The molecule has 0 bridgehead atoms. The van der Waals surface area contributed by atoms with Crippen LogP contribution in [0.3, 0.4) is 0 Å². The Balaban J connectivity index is 2.12. The zero-order chi connectivity index (χ0) is 10.4. The first-order valence-corrected chi connectivity index (χ1v) is 6.03. The minimum Gasteiger partial charge on any atom is -0.374 e. The number of hydrogen-bond donors (Lipinski definition) is 1. The summed E-state index contributed by atoms with van der Waals surface area (Å²) in [5, 5.41) is 3.57. The third kappa shape index (κ3) is 3.97. The summed E-state index contributed by atoms with van der Waals surface area (Å²) in [6.45, 7) is 8.70. The van der Waals surface area contributed by atoms with E-state index < -0.39 is 0 Å². The Kier molecular flexibility index (Phi) is 4.90. The molecule has 0 aromatic carbocycles. The standard InChI is InChI=1S/C12H25NO/c1-4-5-7-11(2)13-10-12(3)8-6-9-14-12/h11,13H,4-10H2,1-3H3. The number of nitrogens with one attached hydrogen (secondary N) is 1. The number of unbranched alkanes of at least 4 members (excludes halogenated alkanes) is 1. The molecule has 1 heterocycles. The summed E-state index contributed by atoms with van der Waals surface area (Å²) in [7, 11) is 0. The Morgan fingerprint density at radius 1 is 1.50 bits per heavy atom. The van der Waals surface area contributed by atoms with Crippen LogP contribution in [0.2, 0.25) is 0 Å². The zero-order valence-electron chi connectivity index (χ0n) is 9.94. The van der Waals surface area contributed by atoms with E-state index in [0.717, 1.165) is 13.2 Å². The second-order valence-electron chi connectivity index (χ2n) is 4.83. The minimum absolute atomic E-state index is 0.112. The molecular formula is C12H25NO. The van der Waals surface area contributed by atoms with Gasteiger partial charge in [-0.1, -0.05) is 19.8 Å². The molecule has 14 heavy (non-hydrogen) atoms. The lowest BCUT2D eigenvalue weighted by Crippen LogP contribution is -2.41. The van der Waals surface area contributed by atoms with Crippen molar-refractivity contribution >= 4 is 0 Å². The van der Waals surface area contributed by atoms with Crippen molar-refractivity contribution in [1.82, 2.24) is 5.32 Å². The lowest BCUT2D eigenvalue weighted by atomic mass is 10.0. The number of ether oxygens (including phenoxy) is 1. The normalized spacial score (nSPS) is 29.4. The third-order valence-electron chi connectivity index (χ3n) is 3.12. The molecule has 0 radical (unpaired) electrons. The average molecular weight is 199 g/mol. The van der Waals surface area contributed by atoms with Gasteiger partial charge in [0.15, 0.2) is 0 Å². The number of rotatable bonds is 6. The highest BCUT2D eigenvalue weighted by molar-refractivity contribution is 4.83. The van der Waals surface area contributed by atoms with Crippen LogP contribution >= 0.6 is 0 Å². The van der Waals surface area contributed by atoms with Gasteiger partial charge in [0.1, 0.15) is 0 Å². The molecule has 2 heteroatoms. The summed E-state index contributed by atoms with van der Waals surface area (Å²) >= 11 is 0. The molecular weight excluding hydrogens is 174 g/mol. The van der Waals surface area contributed by atoms with E-state index in [1.54, 1.807) is 0 Å². The Morgan fingerprint density at radius 2 is 2.29 bits per heavy atom. The van der Waals surface area contributed by atoms with Gasteiger partial charge >= 0.3 is 0 Å². The van der Waals surface area contributed by atoms with Crippen LogP contribution in [0.15, 0.2) is 0 Å². The highest BCUT2D eigenvalue weighted by atomic mass is 16.5. The van der Waals surface area contributed by atoms with E-state index in [4.69, 9.17) is 4.74 Å². The van der Waals surface area contributed by atoms with E-state index in [0.29, 0.717) is 6.04 Å². The molecule has 1 aliphatic heterocycles.